The first-order valence-electron chi connectivity index (χ1n) is 5.66. The minimum absolute atomic E-state index is 0.105. The number of nitrogens with two attached hydrogens (primary N) is 1. The first-order chi connectivity index (χ1) is 9.08. The van der Waals surface area contributed by atoms with Gasteiger partial charge in [-0.25, -0.2) is 9.79 Å². The minimum atomic E-state index is -0.463. The summed E-state index contributed by atoms with van der Waals surface area (Å²) in [6, 6.07) is 2.45. The van der Waals surface area contributed by atoms with Crippen LogP contribution in [0.2, 0.25) is 15.1 Å². The normalized spacial score (nSPS) is 12.2. The topological polar surface area (TPSA) is 79.5 Å². The largest absolute Gasteiger partial charge is 0.369 e. The van der Waals surface area contributed by atoms with E-state index in [0.717, 1.165) is 0 Å². The molecule has 0 saturated carbocycles. The zero-order valence-corrected chi connectivity index (χ0v) is 13.5. The van der Waals surface area contributed by atoms with Gasteiger partial charge in [0.05, 0.1) is 20.8 Å². The number of nitrogens with one attached hydrogen (secondary N) is 2. The molecule has 4 N–H and O–H groups in total. The van der Waals surface area contributed by atoms with E-state index in [2.05, 4.69) is 15.6 Å². The van der Waals surface area contributed by atoms with Crippen molar-refractivity contribution in [2.45, 2.75) is 26.3 Å². The van der Waals surface area contributed by atoms with E-state index in [1.807, 2.05) is 20.8 Å². The van der Waals surface area contributed by atoms with Gasteiger partial charge in [-0.05, 0) is 32.9 Å². The maximum atomic E-state index is 11.6. The SMILES string of the molecule is CC(C)(C)NC(=O)NC(N)=Nc1cc(Cl)c(Cl)cc1Cl. The number of hydrogen-bond donors (Lipinski definition) is 3. The molecule has 20 heavy (non-hydrogen) atoms. The molecule has 0 fully saturated rings. The monoisotopic (exact) mass is 336 g/mol. The molecule has 0 aliphatic rings. The van der Waals surface area contributed by atoms with Crippen LogP contribution in [-0.2, 0) is 0 Å². The lowest BCUT2D eigenvalue weighted by molar-refractivity contribution is 0.236. The minimum Gasteiger partial charge on any atom is -0.369 e. The molecule has 0 radical (unpaired) electrons. The second-order valence-corrected chi connectivity index (χ2v) is 6.27. The Morgan fingerprint density at radius 2 is 1.70 bits per heavy atom. The van der Waals surface area contributed by atoms with Crippen LogP contribution in [-0.4, -0.2) is 17.5 Å². The molecule has 1 aromatic rings. The molecule has 5 nitrogen and oxygen atoms in total. The smallest absolute Gasteiger partial charge is 0.321 e. The lowest BCUT2D eigenvalue weighted by atomic mass is 10.1. The highest BCUT2D eigenvalue weighted by molar-refractivity contribution is 6.44. The van der Waals surface area contributed by atoms with Crippen molar-refractivity contribution in [3.63, 3.8) is 0 Å². The zero-order chi connectivity index (χ0) is 15.5. The number of carbonyl (C=O) groups is 1. The molecule has 0 heterocycles. The van der Waals surface area contributed by atoms with Gasteiger partial charge in [-0.15, -0.1) is 0 Å². The van der Waals surface area contributed by atoms with Crippen molar-refractivity contribution in [3.05, 3.63) is 27.2 Å². The Balaban J connectivity index is 2.84. The molecule has 0 atom stereocenters. The summed E-state index contributed by atoms with van der Waals surface area (Å²) in [5.74, 6) is -0.105. The first-order valence-corrected chi connectivity index (χ1v) is 6.80. The highest BCUT2D eigenvalue weighted by Gasteiger charge is 2.14. The number of guanidine groups is 1. The molecule has 110 valence electrons. The van der Waals surface area contributed by atoms with Gasteiger partial charge in [0.2, 0.25) is 5.96 Å². The van der Waals surface area contributed by atoms with Crippen molar-refractivity contribution in [3.8, 4) is 0 Å². The number of nitrogens with zero attached hydrogens (tertiary/aromatic N) is 1. The van der Waals surface area contributed by atoms with Crippen LogP contribution in [0.3, 0.4) is 0 Å². The van der Waals surface area contributed by atoms with Crippen LogP contribution in [0, 0.1) is 0 Å². The highest BCUT2D eigenvalue weighted by atomic mass is 35.5. The van der Waals surface area contributed by atoms with Crippen molar-refractivity contribution in [1.29, 1.82) is 0 Å². The molecule has 8 heteroatoms. The van der Waals surface area contributed by atoms with Crippen LogP contribution in [0.25, 0.3) is 0 Å². The lowest BCUT2D eigenvalue weighted by Gasteiger charge is -2.20. The molecular weight excluding hydrogens is 323 g/mol. The van der Waals surface area contributed by atoms with Crippen molar-refractivity contribution in [1.82, 2.24) is 10.6 Å². The summed E-state index contributed by atoms with van der Waals surface area (Å²) < 4.78 is 0. The fourth-order valence-corrected chi connectivity index (χ4v) is 1.83. The third-order valence-corrected chi connectivity index (χ3v) is 2.99. The number of aliphatic imine (C=N–C) groups is 1. The first kappa shape index (κ1) is 16.9. The highest BCUT2D eigenvalue weighted by Crippen LogP contribution is 2.33. The van der Waals surface area contributed by atoms with Gasteiger partial charge < -0.3 is 11.1 Å². The van der Waals surface area contributed by atoms with Crippen LogP contribution in [0.1, 0.15) is 20.8 Å². The molecule has 2 amide bonds. The number of benzene rings is 1. The van der Waals surface area contributed by atoms with Gasteiger partial charge in [0, 0.05) is 5.54 Å². The van der Waals surface area contributed by atoms with E-state index in [0.29, 0.717) is 15.7 Å². The molecule has 1 aromatic carbocycles. The molecule has 0 unspecified atom stereocenters. The van der Waals surface area contributed by atoms with Gasteiger partial charge >= 0.3 is 6.03 Å². The summed E-state index contributed by atoms with van der Waals surface area (Å²) >= 11 is 17.6. The van der Waals surface area contributed by atoms with Crippen molar-refractivity contribution in [2.75, 3.05) is 0 Å². The Morgan fingerprint density at radius 1 is 1.15 bits per heavy atom. The van der Waals surface area contributed by atoms with E-state index >= 15 is 0 Å². The standard InChI is InChI=1S/C12H15Cl3N4O/c1-12(2,3)19-11(20)18-10(16)17-9-5-7(14)6(13)4-8(9)15/h4-5H,1-3H3,(H4,16,17,18,19,20). The van der Waals surface area contributed by atoms with Crippen LogP contribution in [0.15, 0.2) is 17.1 Å². The Kier molecular flexibility index (Phi) is 5.50. The summed E-state index contributed by atoms with van der Waals surface area (Å²) in [6.07, 6.45) is 0. The fraction of sp³-hybridized carbons (Fsp3) is 0.333. The maximum absolute atomic E-state index is 11.6. The molecule has 0 bridgehead atoms. The predicted octanol–water partition coefficient (Wildman–Crippen LogP) is 3.69. The Morgan fingerprint density at radius 3 is 2.25 bits per heavy atom. The molecule has 1 rings (SSSR count). The van der Waals surface area contributed by atoms with Gasteiger partial charge in [-0.1, -0.05) is 34.8 Å². The summed E-state index contributed by atoms with van der Waals surface area (Å²) in [5, 5.41) is 5.95. The summed E-state index contributed by atoms with van der Waals surface area (Å²) in [5.41, 5.74) is 5.56. The number of hydrogen-bond acceptors (Lipinski definition) is 2. The van der Waals surface area contributed by atoms with Crippen molar-refractivity contribution >= 4 is 52.5 Å². The molecule has 0 aliphatic heterocycles. The molecule has 0 spiro atoms. The van der Waals surface area contributed by atoms with Crippen molar-refractivity contribution in [2.24, 2.45) is 10.7 Å². The van der Waals surface area contributed by atoms with Gasteiger partial charge in [0.25, 0.3) is 0 Å². The summed E-state index contributed by atoms with van der Waals surface area (Å²) in [6.45, 7) is 5.53. The molecule has 0 aliphatic carbocycles. The fourth-order valence-electron chi connectivity index (χ4n) is 1.24. The van der Waals surface area contributed by atoms with Gasteiger partial charge in [0.1, 0.15) is 0 Å². The van der Waals surface area contributed by atoms with E-state index in [1.54, 1.807) is 0 Å². The number of urea groups is 1. The summed E-state index contributed by atoms with van der Waals surface area (Å²) in [7, 11) is 0. The summed E-state index contributed by atoms with van der Waals surface area (Å²) in [4.78, 5) is 15.6. The number of halogens is 3. The molecule has 0 aromatic heterocycles. The van der Waals surface area contributed by atoms with Crippen LogP contribution in [0.5, 0.6) is 0 Å². The number of amides is 2. The quantitative estimate of drug-likeness (QED) is 0.415. The zero-order valence-electron chi connectivity index (χ0n) is 11.2. The second-order valence-electron chi connectivity index (χ2n) is 5.04. The van der Waals surface area contributed by atoms with E-state index < -0.39 is 6.03 Å². The van der Waals surface area contributed by atoms with Crippen LogP contribution in [0.4, 0.5) is 10.5 Å². The maximum Gasteiger partial charge on any atom is 0.321 e. The van der Waals surface area contributed by atoms with E-state index in [4.69, 9.17) is 40.5 Å². The Bertz CT molecular complexity index is 552. The molecule has 0 saturated heterocycles. The second kappa shape index (κ2) is 6.52. The van der Waals surface area contributed by atoms with Gasteiger partial charge in [-0.2, -0.15) is 0 Å². The lowest BCUT2D eigenvalue weighted by Crippen LogP contribution is -2.50. The Hall–Kier alpha value is -1.17. The predicted molar refractivity (Wildman–Crippen MR) is 84.2 cm³/mol. The third kappa shape index (κ3) is 5.45. The van der Waals surface area contributed by atoms with Crippen molar-refractivity contribution < 1.29 is 4.79 Å². The average molecular weight is 338 g/mol. The van der Waals surface area contributed by atoms with Crippen LogP contribution < -0.4 is 16.4 Å². The molecular formula is C12H15Cl3N4O. The van der Waals surface area contributed by atoms with E-state index in [-0.39, 0.29) is 16.5 Å². The third-order valence-electron chi connectivity index (χ3n) is 1.96. The average Bonchev–Trinajstić information content (AvgIpc) is 2.22. The number of carbonyl (C=O) groups excluding carboxylic acids is 1. The Labute approximate surface area is 132 Å². The number of rotatable bonds is 1. The van der Waals surface area contributed by atoms with E-state index in [9.17, 15) is 4.79 Å². The van der Waals surface area contributed by atoms with Gasteiger partial charge in [-0.3, -0.25) is 5.32 Å². The van der Waals surface area contributed by atoms with Crippen LogP contribution >= 0.6 is 34.8 Å². The van der Waals surface area contributed by atoms with E-state index in [1.165, 1.54) is 12.1 Å². The van der Waals surface area contributed by atoms with Gasteiger partial charge in [0.15, 0.2) is 0 Å².